The minimum Gasteiger partial charge on any atom is -0.376 e. The predicted molar refractivity (Wildman–Crippen MR) is 94.7 cm³/mol. The summed E-state index contributed by atoms with van der Waals surface area (Å²) in [5, 5.41) is 7.03. The molecule has 2 aliphatic rings. The second-order valence-corrected chi connectivity index (χ2v) is 7.04. The molecule has 0 saturated carbocycles. The van der Waals surface area contributed by atoms with Gasteiger partial charge in [0.1, 0.15) is 0 Å². The van der Waals surface area contributed by atoms with Gasteiger partial charge >= 0.3 is 0 Å². The lowest BCUT2D eigenvalue weighted by atomic mass is 10.0. The van der Waals surface area contributed by atoms with Gasteiger partial charge in [-0.3, -0.25) is 9.69 Å². The van der Waals surface area contributed by atoms with E-state index in [1.165, 1.54) is 0 Å². The highest BCUT2D eigenvalue weighted by Gasteiger charge is 2.33. The van der Waals surface area contributed by atoms with E-state index in [9.17, 15) is 4.79 Å². The number of ether oxygens (including phenoxy) is 1. The molecule has 138 valence electrons. The summed E-state index contributed by atoms with van der Waals surface area (Å²) >= 11 is 0. The Bertz CT molecular complexity index is 721. The highest BCUT2D eigenvalue weighted by molar-refractivity contribution is 5.78. The zero-order valence-corrected chi connectivity index (χ0v) is 14.8. The van der Waals surface area contributed by atoms with E-state index in [2.05, 4.69) is 32.5 Å². The number of nitrogens with one attached hydrogen (secondary N) is 1. The van der Waals surface area contributed by atoms with Crippen molar-refractivity contribution in [1.29, 1.82) is 0 Å². The van der Waals surface area contributed by atoms with Crippen molar-refractivity contribution in [2.24, 2.45) is 0 Å². The van der Waals surface area contributed by atoms with Gasteiger partial charge in [-0.05, 0) is 18.4 Å². The van der Waals surface area contributed by atoms with Crippen LogP contribution in [-0.2, 0) is 16.0 Å². The summed E-state index contributed by atoms with van der Waals surface area (Å²) in [5.41, 5.74) is 1.16. The van der Waals surface area contributed by atoms with Crippen LogP contribution < -0.4 is 5.32 Å². The number of aromatic nitrogens is 2. The van der Waals surface area contributed by atoms with E-state index in [-0.39, 0.29) is 17.9 Å². The number of nitrogens with zero attached hydrogens (tertiary/aromatic N) is 3. The number of hydrogen-bond donors (Lipinski definition) is 1. The van der Waals surface area contributed by atoms with Crippen molar-refractivity contribution in [3.63, 3.8) is 0 Å². The summed E-state index contributed by atoms with van der Waals surface area (Å²) < 4.78 is 10.9. The van der Waals surface area contributed by atoms with Gasteiger partial charge in [0.2, 0.25) is 11.8 Å². The van der Waals surface area contributed by atoms with E-state index in [1.807, 2.05) is 18.2 Å². The van der Waals surface area contributed by atoms with Crippen LogP contribution in [0.2, 0.25) is 0 Å². The average Bonchev–Trinajstić information content (AvgIpc) is 3.29. The van der Waals surface area contributed by atoms with Crippen LogP contribution in [0.1, 0.15) is 36.0 Å². The third-order valence-corrected chi connectivity index (χ3v) is 4.91. The topological polar surface area (TPSA) is 80.5 Å². The van der Waals surface area contributed by atoms with Crippen molar-refractivity contribution in [3.05, 3.63) is 47.6 Å². The van der Waals surface area contributed by atoms with Gasteiger partial charge in [0, 0.05) is 32.7 Å². The molecule has 2 aliphatic heterocycles. The van der Waals surface area contributed by atoms with Gasteiger partial charge in [0.25, 0.3) is 0 Å². The van der Waals surface area contributed by atoms with Crippen molar-refractivity contribution >= 4 is 5.91 Å². The van der Waals surface area contributed by atoms with Gasteiger partial charge in [-0.15, -0.1) is 0 Å². The van der Waals surface area contributed by atoms with Crippen LogP contribution in [-0.4, -0.2) is 59.8 Å². The number of carbonyl (C=O) groups is 1. The van der Waals surface area contributed by atoms with Crippen molar-refractivity contribution in [3.8, 4) is 0 Å². The average molecular weight is 356 g/mol. The zero-order valence-electron chi connectivity index (χ0n) is 14.8. The number of hydrogen-bond acceptors (Lipinski definition) is 6. The fraction of sp³-hybridized carbons (Fsp3) is 0.526. The van der Waals surface area contributed by atoms with Crippen LogP contribution in [0.5, 0.6) is 0 Å². The fourth-order valence-electron chi connectivity index (χ4n) is 3.43. The van der Waals surface area contributed by atoms with E-state index in [4.69, 9.17) is 9.26 Å². The van der Waals surface area contributed by atoms with Gasteiger partial charge in [-0.2, -0.15) is 4.98 Å². The first-order chi connectivity index (χ1) is 12.8. The second kappa shape index (κ2) is 7.97. The SMILES string of the molecule is O=C(CN1CC(c2nc(Cc3ccccc3)no2)C1)NC[C@H]1CCCO1. The molecule has 1 atom stereocenters. The molecule has 2 aromatic rings. The molecule has 0 bridgehead atoms. The Labute approximate surface area is 152 Å². The van der Waals surface area contributed by atoms with Crippen LogP contribution in [0.3, 0.4) is 0 Å². The number of benzene rings is 1. The van der Waals surface area contributed by atoms with E-state index in [0.717, 1.165) is 38.1 Å². The maximum atomic E-state index is 12.0. The standard InChI is InChI=1S/C19H24N4O3/c24-18(20-10-16-7-4-8-25-16)13-23-11-15(12-23)19-21-17(22-26-19)9-14-5-2-1-3-6-14/h1-3,5-6,15-16H,4,7-13H2,(H,20,24)/t16-/m1/s1. The van der Waals surface area contributed by atoms with Gasteiger partial charge in [-0.1, -0.05) is 35.5 Å². The molecule has 1 aromatic heterocycles. The van der Waals surface area contributed by atoms with Crippen molar-refractivity contribution in [2.75, 3.05) is 32.8 Å². The Balaban J connectivity index is 1.19. The smallest absolute Gasteiger partial charge is 0.234 e. The Morgan fingerprint density at radius 1 is 1.27 bits per heavy atom. The van der Waals surface area contributed by atoms with Crippen LogP contribution in [0.4, 0.5) is 0 Å². The van der Waals surface area contributed by atoms with E-state index in [0.29, 0.717) is 31.2 Å². The summed E-state index contributed by atoms with van der Waals surface area (Å²) in [6, 6.07) is 10.1. The second-order valence-electron chi connectivity index (χ2n) is 7.04. The molecule has 2 fully saturated rings. The summed E-state index contributed by atoms with van der Waals surface area (Å²) in [5.74, 6) is 1.65. The Morgan fingerprint density at radius 2 is 2.12 bits per heavy atom. The Hall–Kier alpha value is -2.25. The van der Waals surface area contributed by atoms with E-state index in [1.54, 1.807) is 0 Å². The summed E-state index contributed by atoms with van der Waals surface area (Å²) in [4.78, 5) is 18.6. The molecular weight excluding hydrogens is 332 g/mol. The largest absolute Gasteiger partial charge is 0.376 e. The highest BCUT2D eigenvalue weighted by Crippen LogP contribution is 2.25. The van der Waals surface area contributed by atoms with Crippen molar-refractivity contribution in [1.82, 2.24) is 20.4 Å². The lowest BCUT2D eigenvalue weighted by Gasteiger charge is -2.36. The first kappa shape index (κ1) is 17.2. The monoisotopic (exact) mass is 356 g/mol. The first-order valence-corrected chi connectivity index (χ1v) is 9.23. The molecule has 1 aromatic carbocycles. The molecule has 2 saturated heterocycles. The third-order valence-electron chi connectivity index (χ3n) is 4.91. The fourth-order valence-corrected chi connectivity index (χ4v) is 3.43. The number of amides is 1. The molecule has 0 spiro atoms. The molecule has 1 amide bonds. The Morgan fingerprint density at radius 3 is 2.88 bits per heavy atom. The van der Waals surface area contributed by atoms with Gasteiger partial charge < -0.3 is 14.6 Å². The zero-order chi connectivity index (χ0) is 17.8. The molecule has 0 aliphatic carbocycles. The molecule has 7 heteroatoms. The molecule has 7 nitrogen and oxygen atoms in total. The molecule has 4 rings (SSSR count). The molecule has 0 radical (unpaired) electrons. The van der Waals surface area contributed by atoms with Gasteiger partial charge in [-0.25, -0.2) is 0 Å². The third kappa shape index (κ3) is 4.28. The van der Waals surface area contributed by atoms with Crippen LogP contribution in [0.25, 0.3) is 0 Å². The molecular formula is C19H24N4O3. The summed E-state index contributed by atoms with van der Waals surface area (Å²) in [7, 11) is 0. The molecule has 26 heavy (non-hydrogen) atoms. The Kier molecular flexibility index (Phi) is 5.26. The minimum atomic E-state index is 0.0502. The van der Waals surface area contributed by atoms with Gasteiger partial charge in [0.15, 0.2) is 5.82 Å². The number of rotatable bonds is 7. The number of likely N-dealkylation sites (tertiary alicyclic amines) is 1. The molecule has 0 unspecified atom stereocenters. The molecule has 3 heterocycles. The summed E-state index contributed by atoms with van der Waals surface area (Å²) in [6.07, 6.45) is 2.98. The van der Waals surface area contributed by atoms with Crippen LogP contribution in [0, 0.1) is 0 Å². The normalized spacial score (nSPS) is 20.8. The quantitative estimate of drug-likeness (QED) is 0.807. The van der Waals surface area contributed by atoms with Crippen molar-refractivity contribution < 1.29 is 14.1 Å². The van der Waals surface area contributed by atoms with Crippen molar-refractivity contribution in [2.45, 2.75) is 31.3 Å². The number of carbonyl (C=O) groups excluding carboxylic acids is 1. The van der Waals surface area contributed by atoms with Crippen LogP contribution >= 0.6 is 0 Å². The summed E-state index contributed by atoms with van der Waals surface area (Å²) in [6.45, 7) is 3.39. The maximum absolute atomic E-state index is 12.0. The lowest BCUT2D eigenvalue weighted by Crippen LogP contribution is -2.50. The molecule has 1 N–H and O–H groups in total. The predicted octanol–water partition coefficient (Wildman–Crippen LogP) is 1.35. The first-order valence-electron chi connectivity index (χ1n) is 9.23. The van der Waals surface area contributed by atoms with Gasteiger partial charge in [0.05, 0.1) is 18.6 Å². The minimum absolute atomic E-state index is 0.0502. The lowest BCUT2D eigenvalue weighted by molar-refractivity contribution is -0.123. The van der Waals surface area contributed by atoms with E-state index >= 15 is 0 Å². The van der Waals surface area contributed by atoms with Crippen LogP contribution in [0.15, 0.2) is 34.9 Å². The highest BCUT2D eigenvalue weighted by atomic mass is 16.5. The maximum Gasteiger partial charge on any atom is 0.234 e. The van der Waals surface area contributed by atoms with E-state index < -0.39 is 0 Å².